The zero-order valence-electron chi connectivity index (χ0n) is 19.8. The molecule has 4 aromatic carbocycles. The van der Waals surface area contributed by atoms with Crippen molar-refractivity contribution in [2.24, 2.45) is 4.99 Å². The van der Waals surface area contributed by atoms with Crippen LogP contribution in [0.25, 0.3) is 28.2 Å². The van der Waals surface area contributed by atoms with Crippen molar-refractivity contribution in [2.75, 3.05) is 19.0 Å². The first-order valence-corrected chi connectivity index (χ1v) is 11.9. The molecule has 0 atom stereocenters. The average molecular weight is 476 g/mol. The first-order valence-electron chi connectivity index (χ1n) is 11.5. The fraction of sp³-hybridized carbons (Fsp3) is 0.0645. The van der Waals surface area contributed by atoms with Gasteiger partial charge in [0.25, 0.3) is 0 Å². The lowest BCUT2D eigenvalue weighted by Gasteiger charge is -2.15. The van der Waals surface area contributed by atoms with E-state index in [0.717, 1.165) is 45.1 Å². The van der Waals surface area contributed by atoms with Crippen LogP contribution < -0.4 is 4.90 Å². The van der Waals surface area contributed by atoms with E-state index in [1.165, 1.54) is 0 Å². The van der Waals surface area contributed by atoms with Gasteiger partial charge in [0.05, 0.1) is 17.1 Å². The summed E-state index contributed by atoms with van der Waals surface area (Å²) in [4.78, 5) is 6.92. The van der Waals surface area contributed by atoms with Crippen molar-refractivity contribution < 1.29 is 0 Å². The molecule has 5 rings (SSSR count). The standard InChI is InChI=1S/C31H26ClN3/c1-34(2)28-19-15-27(16-20-28)33-22-25-21-30(23-9-5-3-6-10-23)35(29-17-13-26(32)14-18-29)31(25)24-11-7-4-8-12-24/h3-22H,1-2H3. The molecule has 0 N–H and O–H groups in total. The number of benzene rings is 4. The third-order valence-electron chi connectivity index (χ3n) is 5.95. The Morgan fingerprint density at radius 3 is 1.91 bits per heavy atom. The summed E-state index contributed by atoms with van der Waals surface area (Å²) in [6.07, 6.45) is 1.96. The minimum atomic E-state index is 0.714. The number of aliphatic imine (C=N–C) groups is 1. The lowest BCUT2D eigenvalue weighted by atomic mass is 10.1. The number of rotatable bonds is 6. The number of hydrogen-bond donors (Lipinski definition) is 0. The van der Waals surface area contributed by atoms with E-state index in [0.29, 0.717) is 5.02 Å². The van der Waals surface area contributed by atoms with Gasteiger partial charge < -0.3 is 9.47 Å². The molecule has 0 saturated heterocycles. The molecule has 0 fully saturated rings. The normalized spacial score (nSPS) is 11.2. The van der Waals surface area contributed by atoms with E-state index in [1.807, 2.05) is 56.7 Å². The first kappa shape index (κ1) is 22.7. The maximum atomic E-state index is 6.23. The lowest BCUT2D eigenvalue weighted by molar-refractivity contribution is 1.09. The van der Waals surface area contributed by atoms with Gasteiger partial charge in [-0.3, -0.25) is 4.99 Å². The molecule has 1 aromatic heterocycles. The largest absolute Gasteiger partial charge is 0.378 e. The second-order valence-electron chi connectivity index (χ2n) is 8.55. The second kappa shape index (κ2) is 10.0. The quantitative estimate of drug-likeness (QED) is 0.226. The monoisotopic (exact) mass is 475 g/mol. The Hall–Kier alpha value is -4.08. The number of halogens is 1. The summed E-state index contributed by atoms with van der Waals surface area (Å²) in [6.45, 7) is 0. The molecule has 3 nitrogen and oxygen atoms in total. The molecule has 1 heterocycles. The van der Waals surface area contributed by atoms with E-state index in [1.54, 1.807) is 0 Å². The number of hydrogen-bond acceptors (Lipinski definition) is 2. The zero-order valence-corrected chi connectivity index (χ0v) is 20.5. The Balaban J connectivity index is 1.71. The van der Waals surface area contributed by atoms with Crippen LogP contribution in [-0.2, 0) is 0 Å². The van der Waals surface area contributed by atoms with E-state index in [-0.39, 0.29) is 0 Å². The molecule has 0 aliphatic rings. The summed E-state index contributed by atoms with van der Waals surface area (Å²) in [5.74, 6) is 0. The van der Waals surface area contributed by atoms with E-state index in [4.69, 9.17) is 16.6 Å². The predicted molar refractivity (Wildman–Crippen MR) is 150 cm³/mol. The molecule has 35 heavy (non-hydrogen) atoms. The van der Waals surface area contributed by atoms with E-state index in [9.17, 15) is 0 Å². The molecule has 4 heteroatoms. The van der Waals surface area contributed by atoms with Crippen LogP contribution in [0.1, 0.15) is 5.56 Å². The van der Waals surface area contributed by atoms with Crippen molar-refractivity contribution in [3.63, 3.8) is 0 Å². The van der Waals surface area contributed by atoms with Gasteiger partial charge in [0, 0.05) is 42.3 Å². The topological polar surface area (TPSA) is 20.5 Å². The van der Waals surface area contributed by atoms with E-state index >= 15 is 0 Å². The Bertz CT molecular complexity index is 1430. The molecule has 0 unspecified atom stereocenters. The number of aromatic nitrogens is 1. The van der Waals surface area contributed by atoms with Crippen LogP contribution in [0.5, 0.6) is 0 Å². The van der Waals surface area contributed by atoms with Gasteiger partial charge in [0.15, 0.2) is 0 Å². The molecule has 0 aliphatic carbocycles. The maximum Gasteiger partial charge on any atom is 0.0631 e. The van der Waals surface area contributed by atoms with Gasteiger partial charge in [-0.15, -0.1) is 0 Å². The van der Waals surface area contributed by atoms with Crippen molar-refractivity contribution in [3.05, 3.63) is 126 Å². The molecule has 0 bridgehead atoms. The van der Waals surface area contributed by atoms with Crippen LogP contribution in [0.4, 0.5) is 11.4 Å². The SMILES string of the molecule is CN(C)c1ccc(N=Cc2cc(-c3ccccc3)n(-c3ccc(Cl)cc3)c2-c2ccccc2)cc1. The summed E-state index contributed by atoms with van der Waals surface area (Å²) >= 11 is 6.23. The van der Waals surface area contributed by atoms with Crippen molar-refractivity contribution >= 4 is 29.2 Å². The minimum Gasteiger partial charge on any atom is -0.378 e. The van der Waals surface area contributed by atoms with Gasteiger partial charge in [-0.1, -0.05) is 72.3 Å². The molecule has 0 saturated carbocycles. The van der Waals surface area contributed by atoms with Gasteiger partial charge in [0.1, 0.15) is 0 Å². The first-order chi connectivity index (χ1) is 17.1. The van der Waals surface area contributed by atoms with Crippen LogP contribution in [-0.4, -0.2) is 24.9 Å². The Morgan fingerprint density at radius 1 is 0.714 bits per heavy atom. The smallest absolute Gasteiger partial charge is 0.0631 e. The maximum absolute atomic E-state index is 6.23. The molecule has 0 amide bonds. The van der Waals surface area contributed by atoms with Crippen molar-refractivity contribution in [2.45, 2.75) is 0 Å². The molecular formula is C31H26ClN3. The van der Waals surface area contributed by atoms with E-state index in [2.05, 4.69) is 88.3 Å². The van der Waals surface area contributed by atoms with Crippen LogP contribution in [0.2, 0.25) is 5.02 Å². The minimum absolute atomic E-state index is 0.714. The predicted octanol–water partition coefficient (Wildman–Crippen LogP) is 8.28. The second-order valence-corrected chi connectivity index (χ2v) is 8.98. The molecule has 0 radical (unpaired) electrons. The highest BCUT2D eigenvalue weighted by Gasteiger charge is 2.18. The Morgan fingerprint density at radius 2 is 1.31 bits per heavy atom. The number of nitrogens with zero attached hydrogens (tertiary/aromatic N) is 3. The number of anilines is 1. The molecule has 0 spiro atoms. The van der Waals surface area contributed by atoms with Gasteiger partial charge in [-0.05, 0) is 65.7 Å². The van der Waals surface area contributed by atoms with Crippen molar-refractivity contribution in [3.8, 4) is 28.2 Å². The van der Waals surface area contributed by atoms with Gasteiger partial charge in [0.2, 0.25) is 0 Å². The third kappa shape index (κ3) is 4.91. The molecule has 0 aliphatic heterocycles. The highest BCUT2D eigenvalue weighted by atomic mass is 35.5. The Labute approximate surface area is 211 Å². The summed E-state index contributed by atoms with van der Waals surface area (Å²) < 4.78 is 2.29. The van der Waals surface area contributed by atoms with Crippen LogP contribution in [0, 0.1) is 0 Å². The molecule has 5 aromatic rings. The summed E-state index contributed by atoms with van der Waals surface area (Å²) in [5.41, 5.74) is 8.58. The highest BCUT2D eigenvalue weighted by molar-refractivity contribution is 6.30. The summed E-state index contributed by atoms with van der Waals surface area (Å²) in [5, 5.41) is 0.714. The van der Waals surface area contributed by atoms with E-state index < -0.39 is 0 Å². The fourth-order valence-electron chi connectivity index (χ4n) is 4.18. The van der Waals surface area contributed by atoms with Gasteiger partial charge in [-0.2, -0.15) is 0 Å². The van der Waals surface area contributed by atoms with Crippen molar-refractivity contribution in [1.29, 1.82) is 0 Å². The zero-order chi connectivity index (χ0) is 24.2. The average Bonchev–Trinajstić information content (AvgIpc) is 3.28. The summed E-state index contributed by atoms with van der Waals surface area (Å²) in [7, 11) is 4.07. The highest BCUT2D eigenvalue weighted by Crippen LogP contribution is 2.36. The third-order valence-corrected chi connectivity index (χ3v) is 6.20. The fourth-order valence-corrected chi connectivity index (χ4v) is 4.31. The van der Waals surface area contributed by atoms with Gasteiger partial charge >= 0.3 is 0 Å². The van der Waals surface area contributed by atoms with Gasteiger partial charge in [-0.25, -0.2) is 0 Å². The van der Waals surface area contributed by atoms with Crippen LogP contribution in [0.3, 0.4) is 0 Å². The molecular weight excluding hydrogens is 450 g/mol. The van der Waals surface area contributed by atoms with Crippen LogP contribution >= 0.6 is 11.6 Å². The van der Waals surface area contributed by atoms with Crippen LogP contribution in [0.15, 0.2) is 120 Å². The molecule has 172 valence electrons. The van der Waals surface area contributed by atoms with Crippen molar-refractivity contribution in [1.82, 2.24) is 4.57 Å². The Kier molecular flexibility index (Phi) is 6.51. The lowest BCUT2D eigenvalue weighted by Crippen LogP contribution is -2.07. The summed E-state index contributed by atoms with van der Waals surface area (Å²) in [6, 6.07) is 39.3.